The highest BCUT2D eigenvalue weighted by Gasteiger charge is 2.10. The lowest BCUT2D eigenvalue weighted by Crippen LogP contribution is -2.20. The predicted octanol–water partition coefficient (Wildman–Crippen LogP) is 3.31. The molecule has 0 fully saturated rings. The molecule has 2 rings (SSSR count). The Hall–Kier alpha value is -3.70. The van der Waals surface area contributed by atoms with Gasteiger partial charge in [-0.3, -0.25) is 14.9 Å². The number of nitrogens with zero attached hydrogens (tertiary/aromatic N) is 2. The Labute approximate surface area is 158 Å². The van der Waals surface area contributed by atoms with E-state index in [1.165, 1.54) is 42.5 Å². The van der Waals surface area contributed by atoms with Crippen molar-refractivity contribution in [3.05, 3.63) is 74.8 Å². The van der Waals surface area contributed by atoms with Gasteiger partial charge in [0.25, 0.3) is 11.6 Å². The molecule has 0 spiro atoms. The average Bonchev–Trinajstić information content (AvgIpc) is 2.65. The molecule has 1 N–H and O–H groups in total. The van der Waals surface area contributed by atoms with Gasteiger partial charge in [0.2, 0.25) is 0 Å². The molecule has 8 nitrogen and oxygen atoms in total. The van der Waals surface area contributed by atoms with Crippen molar-refractivity contribution < 1.29 is 19.2 Å². The van der Waals surface area contributed by atoms with Gasteiger partial charge in [-0.05, 0) is 29.8 Å². The third-order valence-electron chi connectivity index (χ3n) is 3.21. The summed E-state index contributed by atoms with van der Waals surface area (Å²) in [6.45, 7) is -0.574. The molecular weight excluding hydrogens is 374 g/mol. The molecule has 0 heterocycles. The molecule has 27 heavy (non-hydrogen) atoms. The fourth-order valence-electron chi connectivity index (χ4n) is 1.99. The average molecular weight is 386 g/mol. The number of anilines is 1. The van der Waals surface area contributed by atoms with E-state index in [4.69, 9.17) is 21.6 Å². The van der Waals surface area contributed by atoms with Gasteiger partial charge in [-0.1, -0.05) is 23.7 Å². The quantitative estimate of drug-likeness (QED) is 0.352. The number of esters is 1. The number of carbonyl (C=O) groups excluding carboxylic acids is 2. The van der Waals surface area contributed by atoms with E-state index in [2.05, 4.69) is 5.32 Å². The third kappa shape index (κ3) is 5.95. The number of nitrogens with one attached hydrogen (secondary N) is 1. The van der Waals surface area contributed by atoms with E-state index in [-0.39, 0.29) is 16.9 Å². The SMILES string of the molecule is N#Cc1ccc(Cl)cc1NC(=O)COC(=O)C=Cc1cccc([N+](=O)[O-])c1. The molecule has 0 saturated heterocycles. The van der Waals surface area contributed by atoms with Crippen LogP contribution in [0.4, 0.5) is 11.4 Å². The van der Waals surface area contributed by atoms with Crippen LogP contribution in [0.5, 0.6) is 0 Å². The second-order valence-electron chi connectivity index (χ2n) is 5.14. The standard InChI is InChI=1S/C18H12ClN3O5/c19-14-6-5-13(10-20)16(9-14)21-17(23)11-27-18(24)7-4-12-2-1-3-15(8-12)22(25)26/h1-9H,11H2,(H,21,23). The van der Waals surface area contributed by atoms with Crippen LogP contribution in [0.15, 0.2) is 48.5 Å². The molecule has 1 amide bonds. The van der Waals surface area contributed by atoms with E-state index in [0.29, 0.717) is 10.6 Å². The zero-order valence-corrected chi connectivity index (χ0v) is 14.5. The van der Waals surface area contributed by atoms with Crippen LogP contribution in [0.3, 0.4) is 0 Å². The lowest BCUT2D eigenvalue weighted by molar-refractivity contribution is -0.384. The Morgan fingerprint density at radius 2 is 2.07 bits per heavy atom. The van der Waals surface area contributed by atoms with Crippen molar-refractivity contribution in [2.45, 2.75) is 0 Å². The molecule has 0 aliphatic carbocycles. The Balaban J connectivity index is 1.91. The maximum Gasteiger partial charge on any atom is 0.331 e. The lowest BCUT2D eigenvalue weighted by Gasteiger charge is -2.07. The van der Waals surface area contributed by atoms with E-state index < -0.39 is 23.4 Å². The summed E-state index contributed by atoms with van der Waals surface area (Å²) < 4.78 is 4.79. The summed E-state index contributed by atoms with van der Waals surface area (Å²) in [5, 5.41) is 22.5. The fraction of sp³-hybridized carbons (Fsp3) is 0.0556. The zero-order chi connectivity index (χ0) is 19.8. The molecule has 2 aromatic carbocycles. The van der Waals surface area contributed by atoms with Crippen LogP contribution < -0.4 is 5.32 Å². The predicted molar refractivity (Wildman–Crippen MR) is 97.9 cm³/mol. The Morgan fingerprint density at radius 1 is 1.30 bits per heavy atom. The molecule has 0 aliphatic heterocycles. The highest BCUT2D eigenvalue weighted by atomic mass is 35.5. The molecule has 0 aliphatic rings. The number of carbonyl (C=O) groups is 2. The largest absolute Gasteiger partial charge is 0.452 e. The summed E-state index contributed by atoms with van der Waals surface area (Å²) in [5.41, 5.74) is 0.741. The first-order valence-electron chi connectivity index (χ1n) is 7.48. The number of amides is 1. The first kappa shape index (κ1) is 19.6. The number of halogens is 1. The van der Waals surface area contributed by atoms with Crippen molar-refractivity contribution in [2.75, 3.05) is 11.9 Å². The molecule has 9 heteroatoms. The number of nitro groups is 1. The van der Waals surface area contributed by atoms with Gasteiger partial charge in [0.05, 0.1) is 16.2 Å². The second-order valence-corrected chi connectivity index (χ2v) is 5.58. The minimum absolute atomic E-state index is 0.111. The molecule has 2 aromatic rings. The van der Waals surface area contributed by atoms with Crippen LogP contribution in [0.1, 0.15) is 11.1 Å². The van der Waals surface area contributed by atoms with Crippen LogP contribution in [-0.2, 0) is 14.3 Å². The Morgan fingerprint density at radius 3 is 2.78 bits per heavy atom. The maximum absolute atomic E-state index is 11.9. The van der Waals surface area contributed by atoms with Crippen LogP contribution in [-0.4, -0.2) is 23.4 Å². The lowest BCUT2D eigenvalue weighted by atomic mass is 10.2. The molecule has 0 unspecified atom stereocenters. The summed E-state index contributed by atoms with van der Waals surface area (Å²) in [7, 11) is 0. The van der Waals surface area contributed by atoms with Gasteiger partial charge in [-0.15, -0.1) is 0 Å². The number of benzene rings is 2. The van der Waals surface area contributed by atoms with Gasteiger partial charge >= 0.3 is 5.97 Å². The number of nitro benzene ring substituents is 1. The van der Waals surface area contributed by atoms with E-state index in [9.17, 15) is 19.7 Å². The molecule has 0 bridgehead atoms. The van der Waals surface area contributed by atoms with E-state index in [0.717, 1.165) is 6.08 Å². The number of ether oxygens (including phenoxy) is 1. The van der Waals surface area contributed by atoms with Crippen molar-refractivity contribution in [2.24, 2.45) is 0 Å². The van der Waals surface area contributed by atoms with E-state index >= 15 is 0 Å². The van der Waals surface area contributed by atoms with E-state index in [1.807, 2.05) is 6.07 Å². The van der Waals surface area contributed by atoms with Gasteiger partial charge in [-0.2, -0.15) is 5.26 Å². The fourth-order valence-corrected chi connectivity index (χ4v) is 2.17. The van der Waals surface area contributed by atoms with Crippen LogP contribution in [0, 0.1) is 21.4 Å². The minimum Gasteiger partial charge on any atom is -0.452 e. The number of rotatable bonds is 6. The number of hydrogen-bond acceptors (Lipinski definition) is 6. The highest BCUT2D eigenvalue weighted by molar-refractivity contribution is 6.31. The topological polar surface area (TPSA) is 122 Å². The number of hydrogen-bond donors (Lipinski definition) is 1. The minimum atomic E-state index is -0.803. The van der Waals surface area contributed by atoms with Crippen molar-refractivity contribution in [3.8, 4) is 6.07 Å². The van der Waals surface area contributed by atoms with Crippen molar-refractivity contribution in [1.82, 2.24) is 0 Å². The monoisotopic (exact) mass is 385 g/mol. The zero-order valence-electron chi connectivity index (χ0n) is 13.7. The van der Waals surface area contributed by atoms with Gasteiger partial charge in [0.1, 0.15) is 6.07 Å². The number of non-ortho nitro benzene ring substituents is 1. The first-order chi connectivity index (χ1) is 12.9. The van der Waals surface area contributed by atoms with Crippen molar-refractivity contribution >= 4 is 40.9 Å². The van der Waals surface area contributed by atoms with Gasteiger partial charge in [0.15, 0.2) is 6.61 Å². The third-order valence-corrected chi connectivity index (χ3v) is 3.45. The van der Waals surface area contributed by atoms with Crippen LogP contribution >= 0.6 is 11.6 Å². The highest BCUT2D eigenvalue weighted by Crippen LogP contribution is 2.20. The molecule has 0 saturated carbocycles. The van der Waals surface area contributed by atoms with Crippen LogP contribution in [0.2, 0.25) is 5.02 Å². The first-order valence-corrected chi connectivity index (χ1v) is 7.85. The smallest absolute Gasteiger partial charge is 0.331 e. The second kappa shape index (κ2) is 9.12. The number of nitriles is 1. The molecule has 0 aromatic heterocycles. The molecule has 0 radical (unpaired) electrons. The van der Waals surface area contributed by atoms with Gasteiger partial charge in [0, 0.05) is 23.2 Å². The summed E-state index contributed by atoms with van der Waals surface area (Å²) in [6.07, 6.45) is 2.38. The summed E-state index contributed by atoms with van der Waals surface area (Å²) in [6, 6.07) is 11.9. The van der Waals surface area contributed by atoms with Gasteiger partial charge in [-0.25, -0.2) is 4.79 Å². The molecular formula is C18H12ClN3O5. The van der Waals surface area contributed by atoms with E-state index in [1.54, 1.807) is 6.07 Å². The Kier molecular flexibility index (Phi) is 6.63. The summed E-state index contributed by atoms with van der Waals surface area (Å²) in [5.74, 6) is -1.45. The normalized spacial score (nSPS) is 10.2. The van der Waals surface area contributed by atoms with Crippen molar-refractivity contribution in [3.63, 3.8) is 0 Å². The van der Waals surface area contributed by atoms with Crippen molar-refractivity contribution in [1.29, 1.82) is 5.26 Å². The molecule has 136 valence electrons. The van der Waals surface area contributed by atoms with Gasteiger partial charge < -0.3 is 10.1 Å². The summed E-state index contributed by atoms with van der Waals surface area (Å²) in [4.78, 5) is 33.7. The maximum atomic E-state index is 11.9. The Bertz CT molecular complexity index is 966. The van der Waals surface area contributed by atoms with Crippen LogP contribution in [0.25, 0.3) is 6.08 Å². The summed E-state index contributed by atoms with van der Waals surface area (Å²) >= 11 is 5.82. The molecule has 0 atom stereocenters.